The van der Waals surface area contributed by atoms with Crippen LogP contribution in [0.1, 0.15) is 56.7 Å². The second-order valence-electron chi connectivity index (χ2n) is 17.2. The third kappa shape index (κ3) is 6.48. The molecule has 1 aliphatic carbocycles. The molecule has 4 heteroatoms. The molecule has 7 aromatic carbocycles. The number of anilines is 2. The second-order valence-corrected chi connectivity index (χ2v) is 17.2. The molecule has 1 aliphatic heterocycles. The van der Waals surface area contributed by atoms with E-state index in [1.165, 1.54) is 33.0 Å². The Morgan fingerprint density at radius 2 is 1.44 bits per heavy atom. The van der Waals surface area contributed by atoms with E-state index in [-0.39, 0.29) is 5.41 Å². The van der Waals surface area contributed by atoms with E-state index in [1.54, 1.807) is 0 Å². The molecule has 0 spiro atoms. The minimum Gasteiger partial charge on any atom is -0.313 e. The van der Waals surface area contributed by atoms with Crippen molar-refractivity contribution in [2.75, 3.05) is 4.90 Å². The highest BCUT2D eigenvalue weighted by Crippen LogP contribution is 2.51. The third-order valence-corrected chi connectivity index (χ3v) is 13.0. The molecule has 3 heterocycles. The Balaban J connectivity index is 1.13. The van der Waals surface area contributed by atoms with Gasteiger partial charge in [0.05, 0.1) is 33.8 Å². The Hall–Kier alpha value is -7.74. The lowest BCUT2D eigenvalue weighted by atomic mass is 9.73. The molecule has 0 N–H and O–H groups in total. The summed E-state index contributed by atoms with van der Waals surface area (Å²) in [4.78, 5) is 13.2. The Bertz CT molecular complexity index is 3360. The average Bonchev–Trinajstić information content (AvgIpc) is 3.68. The summed E-state index contributed by atoms with van der Waals surface area (Å²) in [5.41, 5.74) is 15.1. The normalized spacial score (nSPS) is 15.6. The summed E-state index contributed by atoms with van der Waals surface area (Å²) in [5.74, 6) is 1.01. The van der Waals surface area contributed by atoms with Gasteiger partial charge in [-0.15, -0.1) is 0 Å². The molecule has 0 bridgehead atoms. The first kappa shape index (κ1) is 38.2. The van der Waals surface area contributed by atoms with Crippen LogP contribution in [-0.4, -0.2) is 14.5 Å². The number of hydrogen-bond donors (Lipinski definition) is 0. The maximum atomic E-state index is 5.45. The van der Waals surface area contributed by atoms with E-state index < -0.39 is 0 Å². The number of fused-ring (bicyclic) bond motifs is 7. The lowest BCUT2D eigenvalue weighted by Gasteiger charge is -2.41. The largest absolute Gasteiger partial charge is 0.313 e. The second kappa shape index (κ2) is 15.3. The van der Waals surface area contributed by atoms with Gasteiger partial charge >= 0.3 is 0 Å². The van der Waals surface area contributed by atoms with Crippen LogP contribution in [0.15, 0.2) is 194 Å². The predicted molar refractivity (Wildman–Crippen MR) is 263 cm³/mol. The van der Waals surface area contributed by atoms with Gasteiger partial charge in [0.2, 0.25) is 5.95 Å². The summed E-state index contributed by atoms with van der Waals surface area (Å²) in [6, 6.07) is 59.4. The summed E-state index contributed by atoms with van der Waals surface area (Å²) >= 11 is 0. The lowest BCUT2D eigenvalue weighted by molar-refractivity contribution is 0.630. The highest BCUT2D eigenvalue weighted by molar-refractivity contribution is 6.21. The van der Waals surface area contributed by atoms with E-state index in [0.717, 1.165) is 73.4 Å². The van der Waals surface area contributed by atoms with Gasteiger partial charge in [0.25, 0.3) is 0 Å². The van der Waals surface area contributed by atoms with E-state index in [4.69, 9.17) is 9.97 Å². The zero-order valence-electron chi connectivity index (χ0n) is 36.0. The molecule has 9 aromatic rings. The molecule has 0 fully saturated rings. The minimum absolute atomic E-state index is 0.265. The van der Waals surface area contributed by atoms with Crippen LogP contribution in [0, 0.1) is 12.1 Å². The molecule has 0 saturated carbocycles. The fourth-order valence-corrected chi connectivity index (χ4v) is 9.77. The number of hydrogen-bond acceptors (Lipinski definition) is 3. The zero-order chi connectivity index (χ0) is 42.7. The minimum atomic E-state index is -0.265. The number of benzene rings is 6. The highest BCUT2D eigenvalue weighted by atomic mass is 15.2. The lowest BCUT2D eigenvalue weighted by Crippen LogP contribution is -2.31. The van der Waals surface area contributed by atoms with E-state index in [9.17, 15) is 0 Å². The molecule has 11 rings (SSSR count). The first-order valence-corrected chi connectivity index (χ1v) is 21.9. The van der Waals surface area contributed by atoms with Gasteiger partial charge < -0.3 is 4.90 Å². The van der Waals surface area contributed by atoms with E-state index in [0.29, 0.717) is 11.9 Å². The molecule has 0 radical (unpaired) electrons. The van der Waals surface area contributed by atoms with Crippen molar-refractivity contribution < 1.29 is 0 Å². The standard InChI is InChI=1S/C59H46N4/c1-5-6-17-39(2)62-53-25-16-15-24-49(53)59(3,4)50-34-31-46(37-56(50)62)45-30-33-48-55(36-45)63(54-35-32-42-20-13-14-23-47(42)57(48)54)58-60-51(43-21-11-8-12-22-43)38-52(61-58)44-28-26-41(27-29-44)40-18-9-7-10-19-40/h5-14,16-18,20-23,25-38,40H,19H2,1-4H3/b6-5-,39-17+. The highest BCUT2D eigenvalue weighted by Gasteiger charge is 2.37. The van der Waals surface area contributed by atoms with Crippen LogP contribution in [-0.2, 0) is 5.41 Å². The summed E-state index contributed by atoms with van der Waals surface area (Å²) in [7, 11) is 0. The molecule has 4 nitrogen and oxygen atoms in total. The van der Waals surface area contributed by atoms with Crippen molar-refractivity contribution in [3.8, 4) is 39.6 Å². The summed E-state index contributed by atoms with van der Waals surface area (Å²) < 4.78 is 2.28. The molecule has 0 saturated heterocycles. The molecule has 2 aromatic heterocycles. The van der Waals surface area contributed by atoms with Crippen LogP contribution < -0.4 is 4.90 Å². The maximum Gasteiger partial charge on any atom is 0.235 e. The van der Waals surface area contributed by atoms with Gasteiger partial charge in [-0.05, 0) is 95.8 Å². The molecular formula is C59H46N4. The van der Waals surface area contributed by atoms with Crippen LogP contribution >= 0.6 is 0 Å². The molecule has 1 atom stereocenters. The van der Waals surface area contributed by atoms with Gasteiger partial charge in [-0.25, -0.2) is 9.97 Å². The van der Waals surface area contributed by atoms with Gasteiger partial charge in [-0.1, -0.05) is 172 Å². The van der Waals surface area contributed by atoms with Gasteiger partial charge in [-0.2, -0.15) is 0 Å². The average molecular weight is 811 g/mol. The Labute approximate surface area is 369 Å². The van der Waals surface area contributed by atoms with Crippen LogP contribution in [0.2, 0.25) is 0 Å². The first-order valence-electron chi connectivity index (χ1n) is 21.9. The van der Waals surface area contributed by atoms with E-state index in [1.807, 2.05) is 6.07 Å². The molecule has 2 aliphatic rings. The van der Waals surface area contributed by atoms with Crippen molar-refractivity contribution in [1.29, 1.82) is 0 Å². The molecule has 63 heavy (non-hydrogen) atoms. The number of rotatable bonds is 7. The maximum absolute atomic E-state index is 5.45. The van der Waals surface area contributed by atoms with Crippen molar-refractivity contribution in [3.63, 3.8) is 0 Å². The fraction of sp³-hybridized carbons (Fsp3) is 0.119. The van der Waals surface area contributed by atoms with Crippen LogP contribution in [0.5, 0.6) is 0 Å². The summed E-state index contributed by atoms with van der Waals surface area (Å²) in [5, 5.41) is 4.75. The molecule has 302 valence electrons. The van der Waals surface area contributed by atoms with Crippen molar-refractivity contribution in [2.45, 2.75) is 45.4 Å². The number of allylic oxidation sites excluding steroid dienone is 8. The van der Waals surface area contributed by atoms with Gasteiger partial charge in [0.15, 0.2) is 0 Å². The molecule has 0 amide bonds. The van der Waals surface area contributed by atoms with Gasteiger partial charge in [-0.3, -0.25) is 4.57 Å². The van der Waals surface area contributed by atoms with Crippen LogP contribution in [0.4, 0.5) is 11.4 Å². The Morgan fingerprint density at radius 1 is 0.698 bits per heavy atom. The summed E-state index contributed by atoms with van der Waals surface area (Å²) in [6.45, 7) is 8.83. The predicted octanol–water partition coefficient (Wildman–Crippen LogP) is 15.2. The smallest absolute Gasteiger partial charge is 0.235 e. The monoisotopic (exact) mass is 810 g/mol. The van der Waals surface area contributed by atoms with Crippen molar-refractivity contribution in [3.05, 3.63) is 223 Å². The summed E-state index contributed by atoms with van der Waals surface area (Å²) in [6.07, 6.45) is 16.2. The van der Waals surface area contributed by atoms with Crippen molar-refractivity contribution in [2.24, 2.45) is 0 Å². The fourth-order valence-electron chi connectivity index (χ4n) is 9.77. The van der Waals surface area contributed by atoms with E-state index >= 15 is 0 Å². The SMILES string of the molecule is C/C=C\C=C(/C)N1c2ccc#cc2C(C)(C)c2ccc(-c3ccc4c5c6ccccc6ccc5n(-c5nc(-c6ccccc6)cc(-c6ccc(C7C=CC=CC7)cc6)n5)c4c3)cc21. The van der Waals surface area contributed by atoms with Crippen LogP contribution in [0.25, 0.3) is 72.2 Å². The third-order valence-electron chi connectivity index (χ3n) is 13.0. The topological polar surface area (TPSA) is 34.0 Å². The first-order chi connectivity index (χ1) is 30.9. The van der Waals surface area contributed by atoms with Gasteiger partial charge in [0.1, 0.15) is 0 Å². The number of nitrogens with zero attached hydrogens (tertiary/aromatic N) is 4. The van der Waals surface area contributed by atoms with Gasteiger partial charge in [0, 0.05) is 44.5 Å². The van der Waals surface area contributed by atoms with Crippen LogP contribution in [0.3, 0.4) is 0 Å². The quantitative estimate of drug-likeness (QED) is 0.150. The molecular weight excluding hydrogens is 765 g/mol. The number of aromatic nitrogens is 3. The zero-order valence-corrected chi connectivity index (χ0v) is 36.0. The van der Waals surface area contributed by atoms with Crippen molar-refractivity contribution >= 4 is 44.0 Å². The Kier molecular flexibility index (Phi) is 9.28. The van der Waals surface area contributed by atoms with Crippen molar-refractivity contribution in [1.82, 2.24) is 14.5 Å². The van der Waals surface area contributed by atoms with E-state index in [2.05, 4.69) is 231 Å². The Morgan fingerprint density at radius 3 is 2.24 bits per heavy atom. The molecule has 1 unspecified atom stereocenters.